The molecule has 0 radical (unpaired) electrons. The average Bonchev–Trinajstić information content (AvgIpc) is 3.08. The minimum absolute atomic E-state index is 0.343. The highest BCUT2D eigenvalue weighted by molar-refractivity contribution is 8.18. The van der Waals surface area contributed by atoms with Gasteiger partial charge in [0.1, 0.15) is 5.76 Å². The maximum Gasteiger partial charge on any atom is 0.298 e. The Morgan fingerprint density at radius 1 is 1.18 bits per heavy atom. The fourth-order valence-electron chi connectivity index (χ4n) is 1.94. The van der Waals surface area contributed by atoms with Gasteiger partial charge in [-0.2, -0.15) is 0 Å². The number of imide groups is 1. The van der Waals surface area contributed by atoms with Gasteiger partial charge in [0.15, 0.2) is 0 Å². The summed E-state index contributed by atoms with van der Waals surface area (Å²) >= 11 is 6.80. The average molecular weight is 332 g/mol. The summed E-state index contributed by atoms with van der Waals surface area (Å²) < 4.78 is 5.15. The second-order valence-corrected chi connectivity index (χ2v) is 5.82. The van der Waals surface area contributed by atoms with Gasteiger partial charge in [-0.3, -0.25) is 9.59 Å². The topological polar surface area (TPSA) is 50.5 Å². The molecule has 0 unspecified atom stereocenters. The Morgan fingerprint density at radius 3 is 2.77 bits per heavy atom. The number of hydrogen-bond donors (Lipinski definition) is 0. The molecule has 4 nitrogen and oxygen atoms in total. The van der Waals surface area contributed by atoms with E-state index in [1.807, 2.05) is 0 Å². The Kier molecular flexibility index (Phi) is 4.18. The Morgan fingerprint density at radius 2 is 2.05 bits per heavy atom. The molecule has 1 fully saturated rings. The number of amides is 2. The lowest BCUT2D eigenvalue weighted by Gasteiger charge is -2.12. The number of nitrogens with zero attached hydrogens (tertiary/aromatic N) is 1. The van der Waals surface area contributed by atoms with Crippen molar-refractivity contribution in [2.45, 2.75) is 0 Å². The van der Waals surface area contributed by atoms with Crippen LogP contribution in [0.25, 0.3) is 6.08 Å². The van der Waals surface area contributed by atoms with Gasteiger partial charge in [0.05, 0.1) is 16.9 Å². The monoisotopic (exact) mass is 331 g/mol. The molecule has 2 amide bonds. The van der Waals surface area contributed by atoms with E-state index < -0.39 is 0 Å². The first-order chi connectivity index (χ1) is 10.6. The van der Waals surface area contributed by atoms with Crippen molar-refractivity contribution in [3.63, 3.8) is 0 Å². The zero-order valence-electron chi connectivity index (χ0n) is 11.2. The molecule has 1 aromatic heterocycles. The summed E-state index contributed by atoms with van der Waals surface area (Å²) in [6, 6.07) is 10.2. The van der Waals surface area contributed by atoms with Crippen LogP contribution in [0.3, 0.4) is 0 Å². The summed E-state index contributed by atoms with van der Waals surface area (Å²) in [5.74, 6) is 0.312. The Labute approximate surface area is 136 Å². The third-order valence-corrected chi connectivity index (χ3v) is 4.03. The Bertz CT molecular complexity index is 780. The first-order valence-electron chi connectivity index (χ1n) is 6.39. The number of benzene rings is 1. The van der Waals surface area contributed by atoms with Crippen molar-refractivity contribution in [1.29, 1.82) is 0 Å². The molecule has 0 spiro atoms. The van der Waals surface area contributed by atoms with Crippen LogP contribution in [-0.2, 0) is 4.79 Å². The van der Waals surface area contributed by atoms with Crippen LogP contribution >= 0.6 is 23.4 Å². The summed E-state index contributed by atoms with van der Waals surface area (Å²) in [5.41, 5.74) is 0.466. The Balaban J connectivity index is 1.82. The lowest BCUT2D eigenvalue weighted by Crippen LogP contribution is -2.27. The lowest BCUT2D eigenvalue weighted by atomic mass is 10.3. The highest BCUT2D eigenvalue weighted by atomic mass is 35.5. The van der Waals surface area contributed by atoms with Crippen molar-refractivity contribution in [2.24, 2.45) is 0 Å². The van der Waals surface area contributed by atoms with Crippen molar-refractivity contribution in [3.05, 3.63) is 70.5 Å². The molecule has 2 aromatic rings. The highest BCUT2D eigenvalue weighted by Gasteiger charge is 2.35. The molecular formula is C16H10ClNO3S. The van der Waals surface area contributed by atoms with Gasteiger partial charge in [0.25, 0.3) is 11.1 Å². The van der Waals surface area contributed by atoms with Gasteiger partial charge < -0.3 is 4.42 Å². The number of carbonyl (C=O) groups excluding carboxylic acids is 2. The van der Waals surface area contributed by atoms with Gasteiger partial charge in [0.2, 0.25) is 0 Å². The van der Waals surface area contributed by atoms with E-state index in [0.717, 1.165) is 16.7 Å². The van der Waals surface area contributed by atoms with Gasteiger partial charge in [-0.25, -0.2) is 4.90 Å². The number of halogens is 1. The molecule has 2 heterocycles. The van der Waals surface area contributed by atoms with Crippen LogP contribution in [0.4, 0.5) is 10.5 Å². The van der Waals surface area contributed by atoms with E-state index in [2.05, 4.69) is 0 Å². The number of allylic oxidation sites excluding steroid dienone is 2. The van der Waals surface area contributed by atoms with E-state index in [1.165, 1.54) is 0 Å². The van der Waals surface area contributed by atoms with Crippen LogP contribution < -0.4 is 4.90 Å². The molecule has 1 aliphatic rings. The molecule has 0 N–H and O–H groups in total. The zero-order chi connectivity index (χ0) is 15.5. The molecule has 1 aliphatic heterocycles. The van der Waals surface area contributed by atoms with Crippen molar-refractivity contribution in [2.75, 3.05) is 4.90 Å². The minimum atomic E-state index is -0.360. The van der Waals surface area contributed by atoms with Crippen molar-refractivity contribution >= 4 is 46.3 Å². The van der Waals surface area contributed by atoms with E-state index in [0.29, 0.717) is 21.4 Å². The molecule has 3 rings (SSSR count). The molecule has 0 bridgehead atoms. The quantitative estimate of drug-likeness (QED) is 0.763. The third kappa shape index (κ3) is 3.00. The maximum absolute atomic E-state index is 12.3. The summed E-state index contributed by atoms with van der Waals surface area (Å²) in [7, 11) is 0. The predicted molar refractivity (Wildman–Crippen MR) is 87.8 cm³/mol. The van der Waals surface area contributed by atoms with Gasteiger partial charge in [-0.05, 0) is 54.2 Å². The van der Waals surface area contributed by atoms with Crippen molar-refractivity contribution in [3.8, 4) is 0 Å². The van der Waals surface area contributed by atoms with E-state index >= 15 is 0 Å². The van der Waals surface area contributed by atoms with E-state index in [1.54, 1.807) is 60.9 Å². The fraction of sp³-hybridized carbons (Fsp3) is 0. The van der Waals surface area contributed by atoms with E-state index in [4.69, 9.17) is 16.0 Å². The van der Waals surface area contributed by atoms with Gasteiger partial charge in [-0.15, -0.1) is 0 Å². The van der Waals surface area contributed by atoms with Crippen LogP contribution in [0.5, 0.6) is 0 Å². The number of carbonyl (C=O) groups is 2. The first kappa shape index (κ1) is 14.7. The fourth-order valence-corrected chi connectivity index (χ4v) is 2.91. The zero-order valence-corrected chi connectivity index (χ0v) is 12.8. The number of hydrogen-bond acceptors (Lipinski definition) is 4. The Hall–Kier alpha value is -2.24. The molecule has 0 aliphatic carbocycles. The highest BCUT2D eigenvalue weighted by Crippen LogP contribution is 2.35. The number of anilines is 1. The van der Waals surface area contributed by atoms with E-state index in [9.17, 15) is 9.59 Å². The van der Waals surface area contributed by atoms with Gasteiger partial charge in [-0.1, -0.05) is 23.7 Å². The molecule has 22 heavy (non-hydrogen) atoms. The summed E-state index contributed by atoms with van der Waals surface area (Å²) in [6.07, 6.45) is 6.55. The van der Waals surface area contributed by atoms with Crippen LogP contribution in [0.1, 0.15) is 5.76 Å². The molecule has 1 saturated heterocycles. The molecule has 1 aromatic carbocycles. The molecule has 6 heteroatoms. The molecule has 0 saturated carbocycles. The lowest BCUT2D eigenvalue weighted by molar-refractivity contribution is -0.113. The van der Waals surface area contributed by atoms with Crippen molar-refractivity contribution in [1.82, 2.24) is 0 Å². The molecule has 0 atom stereocenters. The number of thioether (sulfide) groups is 1. The van der Waals surface area contributed by atoms with Crippen LogP contribution in [0.2, 0.25) is 5.02 Å². The van der Waals surface area contributed by atoms with Crippen LogP contribution in [0.15, 0.2) is 64.1 Å². The van der Waals surface area contributed by atoms with Gasteiger partial charge >= 0.3 is 0 Å². The van der Waals surface area contributed by atoms with Crippen LogP contribution in [-0.4, -0.2) is 11.1 Å². The number of furan rings is 1. The predicted octanol–water partition coefficient (Wildman–Crippen LogP) is 4.73. The van der Waals surface area contributed by atoms with Gasteiger partial charge in [0, 0.05) is 5.02 Å². The summed E-state index contributed by atoms with van der Waals surface area (Å²) in [6.45, 7) is 0. The number of rotatable bonds is 3. The van der Waals surface area contributed by atoms with Crippen molar-refractivity contribution < 1.29 is 14.0 Å². The third-order valence-electron chi connectivity index (χ3n) is 2.91. The van der Waals surface area contributed by atoms with E-state index in [-0.39, 0.29) is 11.1 Å². The minimum Gasteiger partial charge on any atom is -0.465 e. The standard InChI is InChI=1S/C16H10ClNO3S/c17-11-4-1-5-12(10-11)18-15(19)14(22-16(18)20)8-2-6-13-7-3-9-21-13/h1-10H/b6-2+,14-8-. The second kappa shape index (κ2) is 6.25. The van der Waals surface area contributed by atoms with Crippen LogP contribution in [0, 0.1) is 0 Å². The maximum atomic E-state index is 12.3. The summed E-state index contributed by atoms with van der Waals surface area (Å²) in [4.78, 5) is 25.8. The molecule has 110 valence electrons. The summed E-state index contributed by atoms with van der Waals surface area (Å²) in [5, 5.41) is 0.128. The molecular weight excluding hydrogens is 322 g/mol. The SMILES string of the molecule is O=C1S/C(=C\C=C\c2ccco2)C(=O)N1c1cccc(Cl)c1. The first-order valence-corrected chi connectivity index (χ1v) is 7.58. The smallest absolute Gasteiger partial charge is 0.298 e. The normalized spacial score (nSPS) is 17.1. The largest absolute Gasteiger partial charge is 0.465 e. The second-order valence-electron chi connectivity index (χ2n) is 4.39.